The van der Waals surface area contributed by atoms with Gasteiger partial charge in [-0.15, -0.1) is 10.2 Å². The molecule has 0 bridgehead atoms. The van der Waals surface area contributed by atoms with Gasteiger partial charge < -0.3 is 0 Å². The molecule has 3 rings (SSSR count). The van der Waals surface area contributed by atoms with Crippen LogP contribution < -0.4 is 4.72 Å². The molecule has 2 aromatic carbocycles. The molecule has 1 heterocycles. The number of hydrogen-bond acceptors (Lipinski definition) is 6. The summed E-state index contributed by atoms with van der Waals surface area (Å²) < 4.78 is 63.3. The maximum absolute atomic E-state index is 13.3. The van der Waals surface area contributed by atoms with Crippen LogP contribution in [0.1, 0.15) is 0 Å². The van der Waals surface area contributed by atoms with Crippen LogP contribution in [-0.4, -0.2) is 33.3 Å². The average molecular weight is 407 g/mol. The van der Waals surface area contributed by atoms with Crippen molar-refractivity contribution in [3.05, 3.63) is 66.5 Å². The van der Waals surface area contributed by atoms with E-state index >= 15 is 0 Å². The van der Waals surface area contributed by atoms with Gasteiger partial charge >= 0.3 is 0 Å². The Morgan fingerprint density at radius 1 is 0.889 bits per heavy atom. The Morgan fingerprint density at radius 3 is 2.26 bits per heavy atom. The molecule has 0 atom stereocenters. The van der Waals surface area contributed by atoms with E-state index in [2.05, 4.69) is 14.9 Å². The molecular formula is C17H14FN3O4S2. The zero-order valence-corrected chi connectivity index (χ0v) is 15.6. The van der Waals surface area contributed by atoms with Gasteiger partial charge in [0.15, 0.2) is 14.9 Å². The molecule has 3 aromatic rings. The summed E-state index contributed by atoms with van der Waals surface area (Å²) >= 11 is 0. The number of hydrogen-bond donors (Lipinski definition) is 1. The van der Waals surface area contributed by atoms with Crippen LogP contribution in [0.4, 0.5) is 10.1 Å². The fourth-order valence-electron chi connectivity index (χ4n) is 2.26. The minimum atomic E-state index is -3.97. The van der Waals surface area contributed by atoms with Crippen LogP contribution in [0.5, 0.6) is 0 Å². The van der Waals surface area contributed by atoms with E-state index in [1.807, 2.05) is 0 Å². The number of nitrogens with one attached hydrogen (secondary N) is 1. The van der Waals surface area contributed by atoms with Crippen molar-refractivity contribution >= 4 is 25.5 Å². The summed E-state index contributed by atoms with van der Waals surface area (Å²) in [5.74, 6) is -0.659. The summed E-state index contributed by atoms with van der Waals surface area (Å²) in [5, 5.41) is 7.38. The molecule has 27 heavy (non-hydrogen) atoms. The predicted octanol–water partition coefficient (Wildman–Crippen LogP) is 2.49. The van der Waals surface area contributed by atoms with Gasteiger partial charge in [-0.25, -0.2) is 21.2 Å². The zero-order chi connectivity index (χ0) is 19.7. The molecule has 10 heteroatoms. The lowest BCUT2D eigenvalue weighted by molar-refractivity contribution is 0.594. The molecule has 0 aliphatic rings. The van der Waals surface area contributed by atoms with Crippen molar-refractivity contribution in [2.24, 2.45) is 0 Å². The molecule has 0 radical (unpaired) electrons. The normalized spacial score (nSPS) is 11.9. The Bertz CT molecular complexity index is 1190. The Balaban J connectivity index is 1.90. The van der Waals surface area contributed by atoms with Crippen molar-refractivity contribution in [3.63, 3.8) is 0 Å². The topological polar surface area (TPSA) is 106 Å². The number of sulfonamides is 1. The smallest absolute Gasteiger partial charge is 0.261 e. The molecule has 1 aromatic heterocycles. The minimum absolute atomic E-state index is 0.158. The van der Waals surface area contributed by atoms with E-state index in [0.717, 1.165) is 18.4 Å². The molecule has 0 spiro atoms. The maximum atomic E-state index is 13.3. The number of sulfone groups is 1. The van der Waals surface area contributed by atoms with E-state index in [-0.39, 0.29) is 15.6 Å². The molecule has 0 unspecified atom stereocenters. The number of halogens is 1. The molecule has 7 nitrogen and oxygen atoms in total. The highest BCUT2D eigenvalue weighted by atomic mass is 32.2. The van der Waals surface area contributed by atoms with Gasteiger partial charge in [0.2, 0.25) is 0 Å². The van der Waals surface area contributed by atoms with Crippen LogP contribution in [0.2, 0.25) is 0 Å². The van der Waals surface area contributed by atoms with Gasteiger partial charge in [0.25, 0.3) is 10.0 Å². The average Bonchev–Trinajstić information content (AvgIpc) is 2.61. The molecule has 0 saturated carbocycles. The van der Waals surface area contributed by atoms with Gasteiger partial charge in [-0.05, 0) is 42.5 Å². The van der Waals surface area contributed by atoms with Crippen LogP contribution in [0.3, 0.4) is 0 Å². The van der Waals surface area contributed by atoms with Crippen LogP contribution in [-0.2, 0) is 19.9 Å². The molecule has 1 N–H and O–H groups in total. The fourth-order valence-corrected chi connectivity index (χ4v) is 3.85. The van der Waals surface area contributed by atoms with E-state index in [4.69, 9.17) is 0 Å². The van der Waals surface area contributed by atoms with Gasteiger partial charge in [0.05, 0.1) is 10.6 Å². The highest BCUT2D eigenvalue weighted by Gasteiger charge is 2.15. The van der Waals surface area contributed by atoms with Crippen molar-refractivity contribution in [1.29, 1.82) is 0 Å². The monoisotopic (exact) mass is 407 g/mol. The molecule has 140 valence electrons. The van der Waals surface area contributed by atoms with Crippen LogP contribution >= 0.6 is 0 Å². The first-order chi connectivity index (χ1) is 12.6. The standard InChI is InChI=1S/C17H14FN3O4S2/c1-26(22,23)17-9-8-16(19-20-17)12-4-2-6-14(10-12)21-27(24,25)15-7-3-5-13(18)11-15/h2-11,21H,1H3. The first-order valence-corrected chi connectivity index (χ1v) is 11.0. The Kier molecular flexibility index (Phi) is 4.94. The molecule has 0 fully saturated rings. The van der Waals surface area contributed by atoms with E-state index < -0.39 is 25.7 Å². The minimum Gasteiger partial charge on any atom is -0.280 e. The number of rotatable bonds is 5. The molecule has 0 aliphatic heterocycles. The van der Waals surface area contributed by atoms with Crippen LogP contribution in [0, 0.1) is 5.82 Å². The highest BCUT2D eigenvalue weighted by Crippen LogP contribution is 2.23. The predicted molar refractivity (Wildman–Crippen MR) is 97.8 cm³/mol. The lowest BCUT2D eigenvalue weighted by Gasteiger charge is -2.09. The first kappa shape index (κ1) is 18.9. The van der Waals surface area contributed by atoms with E-state index in [1.165, 1.54) is 36.4 Å². The second kappa shape index (κ2) is 7.05. The molecular weight excluding hydrogens is 393 g/mol. The van der Waals surface area contributed by atoms with E-state index in [9.17, 15) is 21.2 Å². The van der Waals surface area contributed by atoms with Crippen LogP contribution in [0.15, 0.2) is 70.6 Å². The van der Waals surface area contributed by atoms with E-state index in [1.54, 1.807) is 12.1 Å². The van der Waals surface area contributed by atoms with Gasteiger partial charge in [-0.2, -0.15) is 0 Å². The van der Waals surface area contributed by atoms with Crippen molar-refractivity contribution in [2.45, 2.75) is 9.92 Å². The summed E-state index contributed by atoms with van der Waals surface area (Å²) in [6.07, 6.45) is 1.03. The number of anilines is 1. The Labute approximate surface area is 155 Å². The summed E-state index contributed by atoms with van der Waals surface area (Å²) in [5.41, 5.74) is 1.14. The largest absolute Gasteiger partial charge is 0.280 e. The second-order valence-corrected chi connectivity index (χ2v) is 9.32. The highest BCUT2D eigenvalue weighted by molar-refractivity contribution is 7.92. The molecule has 0 saturated heterocycles. The van der Waals surface area contributed by atoms with Crippen molar-refractivity contribution < 1.29 is 21.2 Å². The van der Waals surface area contributed by atoms with Gasteiger partial charge in [0, 0.05) is 17.5 Å². The van der Waals surface area contributed by atoms with E-state index in [0.29, 0.717) is 11.3 Å². The SMILES string of the molecule is CS(=O)(=O)c1ccc(-c2cccc(NS(=O)(=O)c3cccc(F)c3)c2)nn1. The summed E-state index contributed by atoms with van der Waals surface area (Å²) in [7, 11) is -7.43. The lowest BCUT2D eigenvalue weighted by Crippen LogP contribution is -2.13. The summed E-state index contributed by atoms with van der Waals surface area (Å²) in [4.78, 5) is -0.204. The number of aromatic nitrogens is 2. The lowest BCUT2D eigenvalue weighted by atomic mass is 10.1. The third kappa shape index (κ3) is 4.47. The third-order valence-electron chi connectivity index (χ3n) is 3.54. The Hall–Kier alpha value is -2.85. The fraction of sp³-hybridized carbons (Fsp3) is 0.0588. The van der Waals surface area contributed by atoms with Gasteiger partial charge in [-0.3, -0.25) is 4.72 Å². The van der Waals surface area contributed by atoms with Crippen LogP contribution in [0.25, 0.3) is 11.3 Å². The summed E-state index contributed by atoms with van der Waals surface area (Å²) in [6.45, 7) is 0. The quantitative estimate of drug-likeness (QED) is 0.696. The van der Waals surface area contributed by atoms with Crippen molar-refractivity contribution in [2.75, 3.05) is 11.0 Å². The maximum Gasteiger partial charge on any atom is 0.261 e. The van der Waals surface area contributed by atoms with Gasteiger partial charge in [-0.1, -0.05) is 18.2 Å². The number of nitrogens with zero attached hydrogens (tertiary/aromatic N) is 2. The van der Waals surface area contributed by atoms with Crippen molar-refractivity contribution in [3.8, 4) is 11.3 Å². The third-order valence-corrected chi connectivity index (χ3v) is 5.89. The first-order valence-electron chi connectivity index (χ1n) is 7.58. The molecule has 0 aliphatic carbocycles. The zero-order valence-electron chi connectivity index (χ0n) is 14.0. The second-order valence-electron chi connectivity index (χ2n) is 5.67. The van der Waals surface area contributed by atoms with Gasteiger partial charge in [0.1, 0.15) is 5.82 Å². The summed E-state index contributed by atoms with van der Waals surface area (Å²) in [6, 6.07) is 13.8. The number of benzene rings is 2. The van der Waals surface area contributed by atoms with Crippen molar-refractivity contribution in [1.82, 2.24) is 10.2 Å². The molecule has 0 amide bonds. The Morgan fingerprint density at radius 2 is 1.63 bits per heavy atom.